The number of carboxylic acid groups (broad SMARTS) is 1. The number of imidazole rings is 1. The van der Waals surface area contributed by atoms with E-state index in [0.717, 1.165) is 14.6 Å². The predicted molar refractivity (Wildman–Crippen MR) is 61.4 cm³/mol. The van der Waals surface area contributed by atoms with Gasteiger partial charge < -0.3 is 15.2 Å². The molecule has 0 fully saturated rings. The van der Waals surface area contributed by atoms with Gasteiger partial charge in [-0.05, 0) is 40.3 Å². The maximum atomic E-state index is 10.6. The number of halogens is 1. The van der Waals surface area contributed by atoms with Gasteiger partial charge in [0.15, 0.2) is 6.10 Å². The summed E-state index contributed by atoms with van der Waals surface area (Å²) in [6, 6.07) is 3.20. The summed E-state index contributed by atoms with van der Waals surface area (Å²) in [5.74, 6) is -1.26. The van der Waals surface area contributed by atoms with Crippen molar-refractivity contribution in [3.8, 4) is 0 Å². The minimum absolute atomic E-state index is 0.351. The number of hydrogen-bond acceptors (Lipinski definition) is 3. The molecule has 0 aliphatic rings. The van der Waals surface area contributed by atoms with Crippen molar-refractivity contribution in [2.75, 3.05) is 0 Å². The highest BCUT2D eigenvalue weighted by Crippen LogP contribution is 2.23. The highest BCUT2D eigenvalue weighted by atomic mass is 127. The van der Waals surface area contributed by atoms with Gasteiger partial charge in [-0.15, -0.1) is 0 Å². The van der Waals surface area contributed by atoms with E-state index >= 15 is 0 Å². The van der Waals surface area contributed by atoms with Crippen LogP contribution in [-0.4, -0.2) is 26.2 Å². The standard InChI is InChI=1S/C9H7IN2O3/c10-5-1-4(8(13)9(14)15)2-6-7(5)12-3-11-6/h1-3,8,13H,(H,11,12)(H,14,15). The molecule has 1 aromatic heterocycles. The first-order valence-corrected chi connectivity index (χ1v) is 5.21. The molecule has 2 aromatic rings. The molecule has 1 heterocycles. The third-order valence-corrected chi connectivity index (χ3v) is 2.87. The largest absolute Gasteiger partial charge is 0.479 e. The Hall–Kier alpha value is -1.15. The van der Waals surface area contributed by atoms with Crippen molar-refractivity contribution in [1.29, 1.82) is 0 Å². The van der Waals surface area contributed by atoms with Gasteiger partial charge in [-0.25, -0.2) is 9.78 Å². The fourth-order valence-electron chi connectivity index (χ4n) is 1.33. The molecule has 3 N–H and O–H groups in total. The SMILES string of the molecule is O=C(O)C(O)c1cc(I)c2nc[nH]c2c1. The highest BCUT2D eigenvalue weighted by molar-refractivity contribution is 14.1. The van der Waals surface area contributed by atoms with Gasteiger partial charge in [0.2, 0.25) is 0 Å². The number of aliphatic hydroxyl groups excluding tert-OH is 1. The van der Waals surface area contributed by atoms with Gasteiger partial charge in [-0.1, -0.05) is 0 Å². The van der Waals surface area contributed by atoms with Crippen molar-refractivity contribution >= 4 is 39.6 Å². The number of H-pyrrole nitrogens is 1. The molecule has 0 saturated heterocycles. The van der Waals surface area contributed by atoms with E-state index in [4.69, 9.17) is 5.11 Å². The van der Waals surface area contributed by atoms with Crippen LogP contribution in [0.1, 0.15) is 11.7 Å². The number of fused-ring (bicyclic) bond motifs is 1. The summed E-state index contributed by atoms with van der Waals surface area (Å²) in [5.41, 5.74) is 1.85. The molecular weight excluding hydrogens is 311 g/mol. The van der Waals surface area contributed by atoms with Crippen LogP contribution in [0.3, 0.4) is 0 Å². The highest BCUT2D eigenvalue weighted by Gasteiger charge is 2.17. The Morgan fingerprint density at radius 1 is 1.53 bits per heavy atom. The summed E-state index contributed by atoms with van der Waals surface area (Å²) >= 11 is 2.05. The molecule has 78 valence electrons. The third kappa shape index (κ3) is 1.82. The van der Waals surface area contributed by atoms with Crippen molar-refractivity contribution in [3.63, 3.8) is 0 Å². The lowest BCUT2D eigenvalue weighted by molar-refractivity contribution is -0.146. The first-order valence-electron chi connectivity index (χ1n) is 4.13. The first kappa shape index (κ1) is 10.4. The van der Waals surface area contributed by atoms with Crippen LogP contribution in [0.5, 0.6) is 0 Å². The Kier molecular flexibility index (Phi) is 2.61. The number of aromatic amines is 1. The van der Waals surface area contributed by atoms with Crippen LogP contribution in [0.4, 0.5) is 0 Å². The number of aromatic nitrogens is 2. The Labute approximate surface area is 98.3 Å². The third-order valence-electron chi connectivity index (χ3n) is 2.05. The zero-order chi connectivity index (χ0) is 11.0. The monoisotopic (exact) mass is 318 g/mol. The van der Waals surface area contributed by atoms with Crippen LogP contribution < -0.4 is 0 Å². The summed E-state index contributed by atoms with van der Waals surface area (Å²) in [6.07, 6.45) is 0.0373. The molecule has 1 unspecified atom stereocenters. The molecule has 0 aliphatic heterocycles. The maximum absolute atomic E-state index is 10.6. The van der Waals surface area contributed by atoms with Gasteiger partial charge in [-0.2, -0.15) is 0 Å². The van der Waals surface area contributed by atoms with E-state index in [1.54, 1.807) is 12.1 Å². The van der Waals surface area contributed by atoms with Gasteiger partial charge in [0, 0.05) is 3.57 Å². The molecule has 15 heavy (non-hydrogen) atoms. The summed E-state index contributed by atoms with van der Waals surface area (Å²) in [6.45, 7) is 0. The van der Waals surface area contributed by atoms with Gasteiger partial charge >= 0.3 is 5.97 Å². The van der Waals surface area contributed by atoms with Gasteiger partial charge in [-0.3, -0.25) is 0 Å². The maximum Gasteiger partial charge on any atom is 0.337 e. The molecule has 6 heteroatoms. The number of benzene rings is 1. The van der Waals surface area contributed by atoms with Gasteiger partial charge in [0.05, 0.1) is 11.8 Å². The van der Waals surface area contributed by atoms with Gasteiger partial charge in [0.1, 0.15) is 5.52 Å². The van der Waals surface area contributed by atoms with Crippen molar-refractivity contribution < 1.29 is 15.0 Å². The smallest absolute Gasteiger partial charge is 0.337 e. The lowest BCUT2D eigenvalue weighted by Crippen LogP contribution is -2.10. The number of nitrogens with one attached hydrogen (secondary N) is 1. The van der Waals surface area contributed by atoms with E-state index in [0.29, 0.717) is 5.56 Å². The second kappa shape index (κ2) is 3.78. The summed E-state index contributed by atoms with van der Waals surface area (Å²) in [7, 11) is 0. The van der Waals surface area contributed by atoms with Crippen molar-refractivity contribution in [2.45, 2.75) is 6.10 Å². The number of rotatable bonds is 2. The quantitative estimate of drug-likeness (QED) is 0.728. The zero-order valence-corrected chi connectivity index (χ0v) is 9.59. The van der Waals surface area contributed by atoms with Crippen LogP contribution in [0.15, 0.2) is 18.5 Å². The summed E-state index contributed by atoms with van der Waals surface area (Å²) in [4.78, 5) is 17.6. The van der Waals surface area contributed by atoms with Gasteiger partial charge in [0.25, 0.3) is 0 Å². The van der Waals surface area contributed by atoms with Crippen LogP contribution in [0.25, 0.3) is 11.0 Å². The summed E-state index contributed by atoms with van der Waals surface area (Å²) in [5, 5.41) is 18.1. The number of hydrogen-bond donors (Lipinski definition) is 3. The molecule has 1 aromatic carbocycles. The predicted octanol–water partition coefficient (Wildman–Crippen LogP) is 1.29. The van der Waals surface area contributed by atoms with Crippen LogP contribution in [-0.2, 0) is 4.79 Å². The Bertz CT molecular complexity index is 523. The van der Waals surface area contributed by atoms with Crippen molar-refractivity contribution in [3.05, 3.63) is 27.6 Å². The zero-order valence-electron chi connectivity index (χ0n) is 7.44. The minimum Gasteiger partial charge on any atom is -0.479 e. The van der Waals surface area contributed by atoms with E-state index in [1.165, 1.54) is 6.33 Å². The first-order chi connectivity index (χ1) is 7.09. The fourth-order valence-corrected chi connectivity index (χ4v) is 2.12. The van der Waals surface area contributed by atoms with Crippen LogP contribution in [0.2, 0.25) is 0 Å². The Balaban J connectivity index is 2.58. The van der Waals surface area contributed by atoms with E-state index in [2.05, 4.69) is 32.6 Å². The van der Waals surface area contributed by atoms with E-state index in [-0.39, 0.29) is 0 Å². The number of carboxylic acids is 1. The number of aliphatic carboxylic acids is 1. The Morgan fingerprint density at radius 3 is 2.93 bits per heavy atom. The fraction of sp³-hybridized carbons (Fsp3) is 0.111. The lowest BCUT2D eigenvalue weighted by Gasteiger charge is -2.06. The second-order valence-electron chi connectivity index (χ2n) is 3.04. The molecular formula is C9H7IN2O3. The molecule has 2 rings (SSSR count). The number of carbonyl (C=O) groups is 1. The summed E-state index contributed by atoms with van der Waals surface area (Å²) < 4.78 is 0.807. The average Bonchev–Trinajstić information content (AvgIpc) is 2.64. The molecule has 1 atom stereocenters. The van der Waals surface area contributed by atoms with E-state index < -0.39 is 12.1 Å². The molecule has 0 spiro atoms. The molecule has 0 aliphatic carbocycles. The lowest BCUT2D eigenvalue weighted by atomic mass is 10.1. The molecule has 0 saturated carbocycles. The van der Waals surface area contributed by atoms with Crippen LogP contribution >= 0.6 is 22.6 Å². The molecule has 0 amide bonds. The molecule has 5 nitrogen and oxygen atoms in total. The van der Waals surface area contributed by atoms with Crippen molar-refractivity contribution in [1.82, 2.24) is 9.97 Å². The van der Waals surface area contributed by atoms with E-state index in [1.807, 2.05) is 0 Å². The topological polar surface area (TPSA) is 86.2 Å². The van der Waals surface area contributed by atoms with Crippen molar-refractivity contribution in [2.24, 2.45) is 0 Å². The molecule has 0 radical (unpaired) electrons. The normalized spacial score (nSPS) is 12.9. The van der Waals surface area contributed by atoms with Crippen LogP contribution in [0, 0.1) is 3.57 Å². The number of nitrogens with zero attached hydrogens (tertiary/aromatic N) is 1. The van der Waals surface area contributed by atoms with E-state index in [9.17, 15) is 9.90 Å². The second-order valence-corrected chi connectivity index (χ2v) is 4.20. The minimum atomic E-state index is -1.49. The Morgan fingerprint density at radius 2 is 2.27 bits per heavy atom. The number of aliphatic hydroxyl groups is 1. The average molecular weight is 318 g/mol. The molecule has 0 bridgehead atoms.